The van der Waals surface area contributed by atoms with E-state index in [2.05, 4.69) is 0 Å². The number of thiazole rings is 1. The van der Waals surface area contributed by atoms with Gasteiger partial charge in [-0.25, -0.2) is 4.90 Å². The van der Waals surface area contributed by atoms with Crippen LogP contribution in [0.2, 0.25) is 0 Å². The van der Waals surface area contributed by atoms with Crippen LogP contribution < -0.4 is 19.2 Å². The third kappa shape index (κ3) is 4.97. The number of anilines is 1. The lowest BCUT2D eigenvalue weighted by Crippen LogP contribution is -2.39. The smallest absolute Gasteiger partial charge is 0.308 e. The Kier molecular flexibility index (Phi) is 7.73. The maximum atomic E-state index is 14.1. The molecule has 2 aromatic carbocycles. The highest BCUT2D eigenvalue weighted by atomic mass is 32.2. The van der Waals surface area contributed by atoms with E-state index in [4.69, 9.17) is 9.47 Å². The van der Waals surface area contributed by atoms with Gasteiger partial charge in [0.15, 0.2) is 11.5 Å². The summed E-state index contributed by atoms with van der Waals surface area (Å²) >= 11 is 2.10. The van der Waals surface area contributed by atoms with Gasteiger partial charge in [0.1, 0.15) is 11.8 Å². The summed E-state index contributed by atoms with van der Waals surface area (Å²) in [6.07, 6.45) is 2.89. The lowest BCUT2D eigenvalue weighted by molar-refractivity contribution is -0.384. The van der Waals surface area contributed by atoms with E-state index >= 15 is 0 Å². The Hall–Kier alpha value is -4.17. The molecule has 0 bridgehead atoms. The number of nitro benzene ring substituents is 1. The summed E-state index contributed by atoms with van der Waals surface area (Å²) in [5, 5.41) is 10.8. The molecule has 14 heteroatoms. The van der Waals surface area contributed by atoms with Crippen molar-refractivity contribution in [3.05, 3.63) is 72.7 Å². The summed E-state index contributed by atoms with van der Waals surface area (Å²) < 4.78 is 12.4. The Labute approximate surface area is 254 Å². The number of carbonyl (C=O) groups excluding carboxylic acids is 3. The van der Waals surface area contributed by atoms with E-state index in [0.29, 0.717) is 40.1 Å². The molecule has 6 rings (SSSR count). The molecule has 0 saturated carbocycles. The summed E-state index contributed by atoms with van der Waals surface area (Å²) in [7, 11) is 3.00. The maximum Gasteiger partial charge on any atom is 0.308 e. The molecule has 43 heavy (non-hydrogen) atoms. The molecule has 3 amide bonds. The maximum absolute atomic E-state index is 14.1. The van der Waals surface area contributed by atoms with Crippen LogP contribution in [0.25, 0.3) is 0 Å². The number of nitro groups is 1. The fourth-order valence-corrected chi connectivity index (χ4v) is 8.79. The Balaban J connectivity index is 1.45. The number of rotatable bonds is 7. The molecule has 3 aliphatic rings. The summed E-state index contributed by atoms with van der Waals surface area (Å²) in [4.78, 5) is 68.3. The van der Waals surface area contributed by atoms with E-state index in [9.17, 15) is 29.3 Å². The van der Waals surface area contributed by atoms with Gasteiger partial charge >= 0.3 is 4.87 Å². The van der Waals surface area contributed by atoms with Crippen LogP contribution in [0.15, 0.2) is 52.3 Å². The summed E-state index contributed by atoms with van der Waals surface area (Å²) in [6.45, 7) is 1.13. The molecule has 3 aliphatic heterocycles. The van der Waals surface area contributed by atoms with Crippen molar-refractivity contribution < 1.29 is 28.8 Å². The Bertz CT molecular complexity index is 1680. The molecule has 4 heterocycles. The number of methoxy groups -OCH3 is 2. The van der Waals surface area contributed by atoms with E-state index < -0.39 is 33.8 Å². The quantitative estimate of drug-likeness (QED) is 0.219. The first-order valence-corrected chi connectivity index (χ1v) is 15.4. The van der Waals surface area contributed by atoms with Crippen molar-refractivity contribution in [3.8, 4) is 11.5 Å². The number of imide groups is 1. The van der Waals surface area contributed by atoms with Crippen molar-refractivity contribution in [2.75, 3.05) is 32.2 Å². The predicted octanol–water partition coefficient (Wildman–Crippen LogP) is 3.64. The minimum Gasteiger partial charge on any atom is -0.493 e. The molecule has 2 fully saturated rings. The zero-order valence-electron chi connectivity index (χ0n) is 23.4. The molecular formula is C29H28N4O8S2. The normalized spacial score (nSPS) is 21.4. The number of hydrogen-bond acceptors (Lipinski definition) is 10. The highest BCUT2D eigenvalue weighted by Gasteiger charge is 2.57. The van der Waals surface area contributed by atoms with Crippen LogP contribution in [0.1, 0.15) is 35.6 Å². The number of nitrogens with zero attached hydrogens (tertiary/aromatic N) is 4. The lowest BCUT2D eigenvalue weighted by Gasteiger charge is -2.31. The number of amides is 3. The van der Waals surface area contributed by atoms with Crippen molar-refractivity contribution in [1.82, 2.24) is 9.47 Å². The van der Waals surface area contributed by atoms with Gasteiger partial charge in [-0.3, -0.25) is 33.9 Å². The third-order valence-electron chi connectivity index (χ3n) is 8.14. The number of fused-ring (bicyclic) bond motifs is 2. The second-order valence-electron chi connectivity index (χ2n) is 10.5. The average molecular weight is 625 g/mol. The van der Waals surface area contributed by atoms with Gasteiger partial charge in [-0.15, -0.1) is 0 Å². The molecule has 224 valence electrons. The molecule has 1 aromatic heterocycles. The van der Waals surface area contributed by atoms with Crippen LogP contribution in [0.4, 0.5) is 11.4 Å². The van der Waals surface area contributed by atoms with E-state index in [1.165, 1.54) is 43.1 Å². The van der Waals surface area contributed by atoms with Crippen molar-refractivity contribution in [1.29, 1.82) is 0 Å². The van der Waals surface area contributed by atoms with Crippen molar-refractivity contribution in [2.24, 2.45) is 5.92 Å². The Morgan fingerprint density at radius 2 is 1.67 bits per heavy atom. The van der Waals surface area contributed by atoms with Crippen molar-refractivity contribution in [2.45, 2.75) is 42.0 Å². The summed E-state index contributed by atoms with van der Waals surface area (Å²) in [5.41, 5.74) is 0.710. The second kappa shape index (κ2) is 11.5. The van der Waals surface area contributed by atoms with Crippen LogP contribution in [0.3, 0.4) is 0 Å². The number of benzene rings is 2. The standard InChI is InChI=1S/C29H28N4O8S2/c1-40-19-11-6-16(14-20(19)41-2)22-23-24(27(36)32(26(23)35)17-7-9-18(10-8-17)33(38)39)42-28-25(22)43-29(37)31(28)15-21(34)30-12-4-3-5-13-30/h6-11,14,22-24H,3-5,12-13,15H2,1-2H3/t22-,23-,24+/m0/s1. The van der Waals surface area contributed by atoms with Crippen LogP contribution in [0.5, 0.6) is 11.5 Å². The van der Waals surface area contributed by atoms with Gasteiger partial charge in [0.05, 0.1) is 35.8 Å². The minimum atomic E-state index is -0.890. The zero-order chi connectivity index (χ0) is 30.4. The largest absolute Gasteiger partial charge is 0.493 e. The minimum absolute atomic E-state index is 0.151. The molecule has 2 saturated heterocycles. The molecule has 0 spiro atoms. The molecule has 0 N–H and O–H groups in total. The highest BCUT2D eigenvalue weighted by Crippen LogP contribution is 2.54. The fraction of sp³-hybridized carbons (Fsp3) is 0.379. The summed E-state index contributed by atoms with van der Waals surface area (Å²) in [5.74, 6) is -1.78. The van der Waals surface area contributed by atoms with Crippen LogP contribution in [0, 0.1) is 16.0 Å². The summed E-state index contributed by atoms with van der Waals surface area (Å²) in [6, 6.07) is 10.5. The average Bonchev–Trinajstić information content (AvgIpc) is 3.47. The van der Waals surface area contributed by atoms with E-state index in [1.54, 1.807) is 23.1 Å². The zero-order valence-corrected chi connectivity index (χ0v) is 25.0. The van der Waals surface area contributed by atoms with Gasteiger partial charge in [-0.05, 0) is 49.1 Å². The molecule has 12 nitrogen and oxygen atoms in total. The molecular weight excluding hydrogens is 596 g/mol. The van der Waals surface area contributed by atoms with Gasteiger partial charge < -0.3 is 14.4 Å². The number of thioether (sulfide) groups is 1. The monoisotopic (exact) mass is 624 g/mol. The number of aromatic nitrogens is 1. The second-order valence-corrected chi connectivity index (χ2v) is 12.6. The number of ether oxygens (including phenoxy) is 2. The molecule has 0 unspecified atom stereocenters. The predicted molar refractivity (Wildman–Crippen MR) is 159 cm³/mol. The van der Waals surface area contributed by atoms with Crippen molar-refractivity contribution >= 4 is 52.2 Å². The molecule has 3 aromatic rings. The fourth-order valence-electron chi connectivity index (χ4n) is 6.02. The molecule has 0 radical (unpaired) electrons. The van der Waals surface area contributed by atoms with Gasteiger partial charge in [-0.2, -0.15) is 0 Å². The van der Waals surface area contributed by atoms with Gasteiger partial charge in [0.25, 0.3) is 5.69 Å². The Morgan fingerprint density at radius 1 is 0.977 bits per heavy atom. The topological polar surface area (TPSA) is 141 Å². The first-order valence-electron chi connectivity index (χ1n) is 13.8. The molecule has 0 aliphatic carbocycles. The van der Waals surface area contributed by atoms with Crippen LogP contribution >= 0.6 is 23.1 Å². The molecule has 3 atom stereocenters. The van der Waals surface area contributed by atoms with Gasteiger partial charge in [0.2, 0.25) is 17.7 Å². The van der Waals surface area contributed by atoms with Crippen molar-refractivity contribution in [3.63, 3.8) is 0 Å². The first kappa shape index (κ1) is 28.9. The number of piperidine rings is 1. The Morgan fingerprint density at radius 3 is 2.33 bits per heavy atom. The van der Waals surface area contributed by atoms with Crippen LogP contribution in [-0.2, 0) is 20.9 Å². The van der Waals surface area contributed by atoms with E-state index in [0.717, 1.165) is 47.3 Å². The van der Waals surface area contributed by atoms with E-state index in [-0.39, 0.29) is 28.7 Å². The lowest BCUT2D eigenvalue weighted by atomic mass is 9.83. The highest BCUT2D eigenvalue weighted by molar-refractivity contribution is 8.00. The third-order valence-corrected chi connectivity index (χ3v) is 10.7. The number of non-ortho nitro benzene ring substituents is 1. The number of carbonyl (C=O) groups is 3. The van der Waals surface area contributed by atoms with Gasteiger partial charge in [-0.1, -0.05) is 29.2 Å². The SMILES string of the molecule is COc1ccc([C@@H]2c3sc(=O)n(CC(=O)N4CCCCC4)c3S[C@H]3C(=O)N(c4ccc([N+](=O)[O-])cc4)C(=O)[C@@H]23)cc1OC. The first-order chi connectivity index (χ1) is 20.7. The van der Waals surface area contributed by atoms with Gasteiger partial charge in [0, 0.05) is 36.0 Å². The van der Waals surface area contributed by atoms with Crippen LogP contribution in [-0.4, -0.2) is 64.7 Å². The van der Waals surface area contributed by atoms with E-state index in [1.807, 2.05) is 0 Å². The number of hydrogen-bond donors (Lipinski definition) is 0. The number of likely N-dealkylation sites (tertiary alicyclic amines) is 1.